The van der Waals surface area contributed by atoms with E-state index >= 15 is 0 Å². The Morgan fingerprint density at radius 2 is 2.33 bits per heavy atom. The van der Waals surface area contributed by atoms with Gasteiger partial charge in [-0.2, -0.15) is 5.10 Å². The molecule has 2 heterocycles. The van der Waals surface area contributed by atoms with Crippen molar-refractivity contribution in [1.29, 1.82) is 0 Å². The third-order valence-electron chi connectivity index (χ3n) is 2.65. The second-order valence-electron chi connectivity index (χ2n) is 3.78. The average Bonchev–Trinajstić information content (AvgIpc) is 2.42. The van der Waals surface area contributed by atoms with Gasteiger partial charge in [0.05, 0.1) is 35.7 Å². The van der Waals surface area contributed by atoms with Gasteiger partial charge >= 0.3 is 0 Å². The normalized spacial score (nSPS) is 16.7. The summed E-state index contributed by atoms with van der Waals surface area (Å²) in [5.74, 6) is 0. The maximum absolute atomic E-state index is 6.18. The predicted molar refractivity (Wildman–Crippen MR) is 59.1 cm³/mol. The molecule has 0 spiro atoms. The number of aryl methyl sites for hydroxylation is 2. The molecule has 1 aromatic rings. The van der Waals surface area contributed by atoms with E-state index in [1.54, 1.807) is 0 Å². The number of nitrogens with one attached hydrogen (secondary N) is 1. The number of halogens is 1. The molecule has 0 bridgehead atoms. The van der Waals surface area contributed by atoms with Crippen molar-refractivity contribution in [2.24, 2.45) is 0 Å². The smallest absolute Gasteiger partial charge is 0.0860 e. The zero-order valence-electron chi connectivity index (χ0n) is 9.09. The van der Waals surface area contributed by atoms with Gasteiger partial charge in [0.15, 0.2) is 0 Å². The molecule has 4 nitrogen and oxygen atoms in total. The van der Waals surface area contributed by atoms with Crippen LogP contribution in [0.2, 0.25) is 5.02 Å². The van der Waals surface area contributed by atoms with Gasteiger partial charge < -0.3 is 10.1 Å². The van der Waals surface area contributed by atoms with Gasteiger partial charge in [0.1, 0.15) is 0 Å². The van der Waals surface area contributed by atoms with E-state index in [1.807, 2.05) is 11.6 Å². The quantitative estimate of drug-likeness (QED) is 0.847. The fourth-order valence-electron chi connectivity index (χ4n) is 1.63. The van der Waals surface area contributed by atoms with Crippen LogP contribution in [0.5, 0.6) is 0 Å². The summed E-state index contributed by atoms with van der Waals surface area (Å²) in [6, 6.07) is 0.474. The maximum atomic E-state index is 6.18. The van der Waals surface area contributed by atoms with Crippen LogP contribution in [0, 0.1) is 6.92 Å². The van der Waals surface area contributed by atoms with Gasteiger partial charge in [-0.3, -0.25) is 4.68 Å². The number of ether oxygens (including phenoxy) is 1. The molecule has 0 atom stereocenters. The molecule has 0 amide bonds. The molecule has 1 fully saturated rings. The summed E-state index contributed by atoms with van der Waals surface area (Å²) in [4.78, 5) is 0. The molecule has 1 aromatic heterocycles. The summed E-state index contributed by atoms with van der Waals surface area (Å²) < 4.78 is 7.05. The number of rotatable bonds is 4. The van der Waals surface area contributed by atoms with E-state index in [-0.39, 0.29) is 0 Å². The molecule has 84 valence electrons. The Morgan fingerprint density at radius 1 is 1.60 bits per heavy atom. The highest BCUT2D eigenvalue weighted by Crippen LogP contribution is 2.20. The Balaban J connectivity index is 2.04. The first-order valence-electron chi connectivity index (χ1n) is 5.25. The fraction of sp³-hybridized carbons (Fsp3) is 0.700. The van der Waals surface area contributed by atoms with Crippen LogP contribution in [0.15, 0.2) is 0 Å². The Kier molecular flexibility index (Phi) is 3.29. The molecule has 0 radical (unpaired) electrons. The van der Waals surface area contributed by atoms with Crippen molar-refractivity contribution >= 4 is 11.6 Å². The van der Waals surface area contributed by atoms with Crippen molar-refractivity contribution in [3.63, 3.8) is 0 Å². The molecule has 5 heteroatoms. The number of hydrogen-bond acceptors (Lipinski definition) is 3. The fourth-order valence-corrected chi connectivity index (χ4v) is 1.83. The Morgan fingerprint density at radius 3 is 2.87 bits per heavy atom. The highest BCUT2D eigenvalue weighted by Gasteiger charge is 2.19. The van der Waals surface area contributed by atoms with E-state index in [1.165, 1.54) is 0 Å². The summed E-state index contributed by atoms with van der Waals surface area (Å²) in [5, 5.41) is 8.54. The summed E-state index contributed by atoms with van der Waals surface area (Å²) in [5.41, 5.74) is 1.98. The minimum Gasteiger partial charge on any atom is -0.378 e. The highest BCUT2D eigenvalue weighted by atomic mass is 35.5. The molecular formula is C10H16ClN3O. The largest absolute Gasteiger partial charge is 0.378 e. The average molecular weight is 230 g/mol. The summed E-state index contributed by atoms with van der Waals surface area (Å²) in [6.45, 7) is 7.23. The molecule has 15 heavy (non-hydrogen) atoms. The lowest BCUT2D eigenvalue weighted by Crippen LogP contribution is -2.45. The van der Waals surface area contributed by atoms with Crippen molar-refractivity contribution in [2.45, 2.75) is 33.0 Å². The molecule has 2 rings (SSSR count). The first kappa shape index (κ1) is 10.9. The number of aromatic nitrogens is 2. The van der Waals surface area contributed by atoms with Crippen LogP contribution in [0.25, 0.3) is 0 Å². The van der Waals surface area contributed by atoms with Gasteiger partial charge in [-0.25, -0.2) is 0 Å². The van der Waals surface area contributed by atoms with Gasteiger partial charge in [0.2, 0.25) is 0 Å². The standard InChI is InChI=1S/C10H16ClN3O/c1-3-14-9(10(11)7(2)13-14)4-12-8-5-15-6-8/h8,12H,3-6H2,1-2H3. The molecule has 0 saturated carbocycles. The molecule has 1 N–H and O–H groups in total. The van der Waals surface area contributed by atoms with Crippen molar-refractivity contribution in [3.05, 3.63) is 16.4 Å². The van der Waals surface area contributed by atoms with Crippen LogP contribution in [-0.2, 0) is 17.8 Å². The monoisotopic (exact) mass is 229 g/mol. The SMILES string of the molecule is CCn1nc(C)c(Cl)c1CNC1COC1. The number of hydrogen-bond donors (Lipinski definition) is 1. The molecule has 1 aliphatic heterocycles. The molecule has 0 aliphatic carbocycles. The first-order chi connectivity index (χ1) is 7.22. The maximum Gasteiger partial charge on any atom is 0.0860 e. The summed E-state index contributed by atoms with van der Waals surface area (Å²) in [6.07, 6.45) is 0. The lowest BCUT2D eigenvalue weighted by Gasteiger charge is -2.27. The van der Waals surface area contributed by atoms with Crippen LogP contribution in [-0.4, -0.2) is 29.0 Å². The van der Waals surface area contributed by atoms with E-state index in [0.29, 0.717) is 6.04 Å². The van der Waals surface area contributed by atoms with E-state index in [2.05, 4.69) is 17.3 Å². The third kappa shape index (κ3) is 2.17. The van der Waals surface area contributed by atoms with Crippen LogP contribution < -0.4 is 5.32 Å². The molecule has 0 aromatic carbocycles. The van der Waals surface area contributed by atoms with Crippen molar-refractivity contribution in [3.8, 4) is 0 Å². The predicted octanol–water partition coefficient (Wildman–Crippen LogP) is 1.35. The van der Waals surface area contributed by atoms with Crippen molar-refractivity contribution < 1.29 is 4.74 Å². The molecule has 0 unspecified atom stereocenters. The Bertz CT molecular complexity index is 347. The van der Waals surface area contributed by atoms with Gasteiger partial charge in [-0.05, 0) is 13.8 Å². The van der Waals surface area contributed by atoms with E-state index in [4.69, 9.17) is 16.3 Å². The van der Waals surface area contributed by atoms with E-state index in [0.717, 1.165) is 42.7 Å². The lowest BCUT2D eigenvalue weighted by atomic mass is 10.2. The molecule has 1 aliphatic rings. The van der Waals surface area contributed by atoms with Crippen molar-refractivity contribution in [2.75, 3.05) is 13.2 Å². The van der Waals surface area contributed by atoms with Gasteiger partial charge in [-0.15, -0.1) is 0 Å². The zero-order valence-corrected chi connectivity index (χ0v) is 9.84. The topological polar surface area (TPSA) is 39.1 Å². The Labute approximate surface area is 94.6 Å². The molecular weight excluding hydrogens is 214 g/mol. The molecule has 1 saturated heterocycles. The van der Waals surface area contributed by atoms with Gasteiger partial charge in [0, 0.05) is 13.1 Å². The minimum absolute atomic E-state index is 0.474. The second kappa shape index (κ2) is 4.51. The third-order valence-corrected chi connectivity index (χ3v) is 3.14. The van der Waals surface area contributed by atoms with Crippen LogP contribution in [0.3, 0.4) is 0 Å². The Hall–Kier alpha value is -0.580. The minimum atomic E-state index is 0.474. The van der Waals surface area contributed by atoms with Crippen molar-refractivity contribution in [1.82, 2.24) is 15.1 Å². The second-order valence-corrected chi connectivity index (χ2v) is 4.16. The summed E-state index contributed by atoms with van der Waals surface area (Å²) >= 11 is 6.18. The zero-order chi connectivity index (χ0) is 10.8. The first-order valence-corrected chi connectivity index (χ1v) is 5.63. The van der Waals surface area contributed by atoms with E-state index in [9.17, 15) is 0 Å². The van der Waals surface area contributed by atoms with E-state index < -0.39 is 0 Å². The van der Waals surface area contributed by atoms with Crippen LogP contribution in [0.1, 0.15) is 18.3 Å². The highest BCUT2D eigenvalue weighted by molar-refractivity contribution is 6.31. The van der Waals surface area contributed by atoms with Crippen LogP contribution in [0.4, 0.5) is 0 Å². The van der Waals surface area contributed by atoms with Gasteiger partial charge in [0.25, 0.3) is 0 Å². The van der Waals surface area contributed by atoms with Crippen LogP contribution >= 0.6 is 11.6 Å². The number of nitrogens with zero attached hydrogens (tertiary/aromatic N) is 2. The summed E-state index contributed by atoms with van der Waals surface area (Å²) in [7, 11) is 0. The van der Waals surface area contributed by atoms with Gasteiger partial charge in [-0.1, -0.05) is 11.6 Å². The lowest BCUT2D eigenvalue weighted by molar-refractivity contribution is -0.00603.